The summed E-state index contributed by atoms with van der Waals surface area (Å²) in [5.74, 6) is -1.82. The first-order chi connectivity index (χ1) is 15.8. The molecule has 0 aromatic heterocycles. The molecule has 1 atom stereocenters. The lowest BCUT2D eigenvalue weighted by Crippen LogP contribution is -2.43. The molecule has 3 rings (SSSR count). The second-order valence-electron chi connectivity index (χ2n) is 7.89. The van der Waals surface area contributed by atoms with Crippen LogP contribution in [-0.4, -0.2) is 42.4 Å². The van der Waals surface area contributed by atoms with Crippen LogP contribution in [0, 0.1) is 0 Å². The maximum Gasteiger partial charge on any atom is 0.416 e. The molecule has 2 aromatic rings. The Morgan fingerprint density at radius 1 is 0.971 bits per heavy atom. The van der Waals surface area contributed by atoms with Gasteiger partial charge in [-0.1, -0.05) is 23.7 Å². The van der Waals surface area contributed by atoms with E-state index in [1.54, 1.807) is 12.1 Å². The van der Waals surface area contributed by atoms with Crippen LogP contribution < -0.4 is 10.6 Å². The third kappa shape index (κ3) is 7.10. The predicted molar refractivity (Wildman–Crippen MR) is 112 cm³/mol. The summed E-state index contributed by atoms with van der Waals surface area (Å²) in [7, 11) is 0. The maximum atomic E-state index is 13.0. The third-order valence-corrected chi connectivity index (χ3v) is 5.47. The summed E-state index contributed by atoms with van der Waals surface area (Å²) in [5, 5.41) is 5.40. The fourth-order valence-electron chi connectivity index (χ4n) is 3.57. The number of nitrogens with one attached hydrogen (secondary N) is 2. The highest BCUT2D eigenvalue weighted by Gasteiger charge is 2.37. The molecule has 1 saturated heterocycles. The number of benzene rings is 2. The van der Waals surface area contributed by atoms with Crippen LogP contribution in [0.4, 0.5) is 26.3 Å². The van der Waals surface area contributed by atoms with E-state index in [1.807, 2.05) is 12.1 Å². The number of rotatable bonds is 6. The molecule has 0 aliphatic carbocycles. The Morgan fingerprint density at radius 3 is 2.12 bits per heavy atom. The molecule has 1 heterocycles. The van der Waals surface area contributed by atoms with E-state index < -0.39 is 47.4 Å². The average Bonchev–Trinajstić information content (AvgIpc) is 3.18. The van der Waals surface area contributed by atoms with Crippen molar-refractivity contribution in [3.63, 3.8) is 0 Å². The molecule has 184 valence electrons. The number of carbonyl (C=O) groups excluding carboxylic acids is 2. The van der Waals surface area contributed by atoms with Gasteiger partial charge in [-0.15, -0.1) is 0 Å². The number of amides is 2. The largest absolute Gasteiger partial charge is 0.416 e. The highest BCUT2D eigenvalue weighted by molar-refractivity contribution is 6.30. The van der Waals surface area contributed by atoms with E-state index in [9.17, 15) is 35.9 Å². The van der Waals surface area contributed by atoms with Crippen LogP contribution in [0.1, 0.15) is 33.5 Å². The van der Waals surface area contributed by atoms with Gasteiger partial charge < -0.3 is 10.6 Å². The van der Waals surface area contributed by atoms with Gasteiger partial charge in [0.1, 0.15) is 0 Å². The van der Waals surface area contributed by atoms with Gasteiger partial charge >= 0.3 is 12.4 Å². The lowest BCUT2D eigenvalue weighted by Gasteiger charge is -2.17. The molecular weight excluding hydrogens is 488 g/mol. The molecule has 0 bridgehead atoms. The fraction of sp³-hybridized carbons (Fsp3) is 0.364. The molecule has 0 spiro atoms. The summed E-state index contributed by atoms with van der Waals surface area (Å²) < 4.78 is 77.7. The average molecular weight is 508 g/mol. The summed E-state index contributed by atoms with van der Waals surface area (Å²) in [6.07, 6.45) is -9.50. The van der Waals surface area contributed by atoms with Gasteiger partial charge in [0.05, 0.1) is 17.7 Å². The topological polar surface area (TPSA) is 61.4 Å². The Kier molecular flexibility index (Phi) is 7.77. The molecule has 1 unspecified atom stereocenters. The monoisotopic (exact) mass is 507 g/mol. The van der Waals surface area contributed by atoms with E-state index in [2.05, 4.69) is 15.5 Å². The van der Waals surface area contributed by atoms with Crippen LogP contribution in [0.2, 0.25) is 5.02 Å². The first-order valence-electron chi connectivity index (χ1n) is 10.1. The molecule has 12 heteroatoms. The second kappa shape index (κ2) is 10.2. The molecule has 2 N–H and O–H groups in total. The lowest BCUT2D eigenvalue weighted by atomic mass is 10.0. The minimum Gasteiger partial charge on any atom is -0.350 e. The fourth-order valence-corrected chi connectivity index (χ4v) is 3.70. The van der Waals surface area contributed by atoms with Gasteiger partial charge in [0, 0.05) is 36.3 Å². The van der Waals surface area contributed by atoms with Crippen LogP contribution in [0.15, 0.2) is 42.5 Å². The molecule has 0 radical (unpaired) electrons. The van der Waals surface area contributed by atoms with Crippen molar-refractivity contribution in [3.05, 3.63) is 69.7 Å². The highest BCUT2D eigenvalue weighted by Crippen LogP contribution is 2.36. The minimum atomic E-state index is -5.08. The lowest BCUT2D eigenvalue weighted by molar-refractivity contribution is -0.143. The maximum absolute atomic E-state index is 13.0. The molecule has 1 fully saturated rings. The molecule has 34 heavy (non-hydrogen) atoms. The van der Waals surface area contributed by atoms with Crippen LogP contribution >= 0.6 is 11.6 Å². The van der Waals surface area contributed by atoms with Crippen molar-refractivity contribution in [3.8, 4) is 0 Å². The first-order valence-corrected chi connectivity index (χ1v) is 10.5. The molecule has 2 amide bonds. The Hall–Kier alpha value is -2.79. The van der Waals surface area contributed by atoms with E-state index >= 15 is 0 Å². The van der Waals surface area contributed by atoms with Gasteiger partial charge in [-0.05, 0) is 42.3 Å². The molecule has 1 aliphatic heterocycles. The Bertz CT molecular complexity index is 1010. The second-order valence-corrected chi connectivity index (χ2v) is 8.33. The van der Waals surface area contributed by atoms with Gasteiger partial charge in [-0.3, -0.25) is 14.5 Å². The van der Waals surface area contributed by atoms with Crippen LogP contribution in [0.3, 0.4) is 0 Å². The normalized spacial score (nSPS) is 17.0. The third-order valence-electron chi connectivity index (χ3n) is 5.22. The first kappa shape index (κ1) is 25.8. The minimum absolute atomic E-state index is 0.0701. The number of carbonyl (C=O) groups is 2. The van der Waals surface area contributed by atoms with E-state index in [4.69, 9.17) is 11.6 Å². The quantitative estimate of drug-likeness (QED) is 0.566. The zero-order chi connectivity index (χ0) is 25.1. The summed E-state index contributed by atoms with van der Waals surface area (Å²) in [5.41, 5.74) is -3.01. The number of hydrogen-bond donors (Lipinski definition) is 2. The Morgan fingerprint density at radius 2 is 1.56 bits per heavy atom. The van der Waals surface area contributed by atoms with Gasteiger partial charge in [0.25, 0.3) is 5.91 Å². The Balaban J connectivity index is 1.54. The van der Waals surface area contributed by atoms with Gasteiger partial charge in [-0.2, -0.15) is 26.3 Å². The standard InChI is InChI=1S/C22H20ClF6N3O2/c23-17-3-1-13(2-4-17)11-32-6-5-18(12-32)31-19(33)10-30-20(34)14-7-15(21(24,25)26)9-16(8-14)22(27,28)29/h1-4,7-9,18H,5-6,10-12H2,(H,30,34)(H,31,33). The van der Waals surface area contributed by atoms with Crippen molar-refractivity contribution in [2.45, 2.75) is 31.4 Å². The van der Waals surface area contributed by atoms with Crippen molar-refractivity contribution in [1.29, 1.82) is 0 Å². The van der Waals surface area contributed by atoms with Crippen LogP contribution in [0.25, 0.3) is 0 Å². The van der Waals surface area contributed by atoms with E-state index in [-0.39, 0.29) is 12.1 Å². The summed E-state index contributed by atoms with van der Waals surface area (Å²) in [6, 6.07) is 7.68. The summed E-state index contributed by atoms with van der Waals surface area (Å²) in [6.45, 7) is 1.32. The molecule has 5 nitrogen and oxygen atoms in total. The van der Waals surface area contributed by atoms with Crippen molar-refractivity contribution < 1.29 is 35.9 Å². The summed E-state index contributed by atoms with van der Waals surface area (Å²) in [4.78, 5) is 26.5. The Labute approximate surface area is 196 Å². The van der Waals surface area contributed by atoms with Crippen molar-refractivity contribution in [1.82, 2.24) is 15.5 Å². The van der Waals surface area contributed by atoms with Crippen molar-refractivity contribution in [2.24, 2.45) is 0 Å². The molecular formula is C22H20ClF6N3O2. The van der Waals surface area contributed by atoms with E-state index in [0.29, 0.717) is 43.2 Å². The number of alkyl halides is 6. The van der Waals surface area contributed by atoms with Crippen molar-refractivity contribution in [2.75, 3.05) is 19.6 Å². The van der Waals surface area contributed by atoms with Gasteiger partial charge in [-0.25, -0.2) is 0 Å². The molecule has 2 aromatic carbocycles. The number of hydrogen-bond acceptors (Lipinski definition) is 3. The zero-order valence-corrected chi connectivity index (χ0v) is 18.3. The number of likely N-dealkylation sites (tertiary alicyclic amines) is 1. The zero-order valence-electron chi connectivity index (χ0n) is 17.6. The predicted octanol–water partition coefficient (Wildman–Crippen LogP) is 4.50. The highest BCUT2D eigenvalue weighted by atomic mass is 35.5. The number of nitrogens with zero attached hydrogens (tertiary/aromatic N) is 1. The van der Waals surface area contributed by atoms with E-state index in [1.165, 1.54) is 0 Å². The molecule has 0 saturated carbocycles. The molecule has 1 aliphatic rings. The van der Waals surface area contributed by atoms with Crippen molar-refractivity contribution >= 4 is 23.4 Å². The van der Waals surface area contributed by atoms with Gasteiger partial charge in [0.2, 0.25) is 5.91 Å². The SMILES string of the molecule is O=C(CNC(=O)c1cc(C(F)(F)F)cc(C(F)(F)F)c1)NC1CCN(Cc2ccc(Cl)cc2)C1. The van der Waals surface area contributed by atoms with Gasteiger partial charge in [0.15, 0.2) is 0 Å². The van der Waals surface area contributed by atoms with Crippen LogP contribution in [-0.2, 0) is 23.7 Å². The van der Waals surface area contributed by atoms with Crippen LogP contribution in [0.5, 0.6) is 0 Å². The number of halogens is 7. The van der Waals surface area contributed by atoms with E-state index in [0.717, 1.165) is 5.56 Å². The smallest absolute Gasteiger partial charge is 0.350 e. The summed E-state index contributed by atoms with van der Waals surface area (Å²) >= 11 is 5.86.